The Bertz CT molecular complexity index is 1520. The Balaban J connectivity index is 1.26. The van der Waals surface area contributed by atoms with Gasteiger partial charge in [0.2, 0.25) is 5.91 Å². The highest BCUT2D eigenvalue weighted by Crippen LogP contribution is 2.77. The number of carbonyl (C=O) groups is 3. The summed E-state index contributed by atoms with van der Waals surface area (Å²) in [5.41, 5.74) is 0.756. The zero-order chi connectivity index (χ0) is 36.7. The summed E-state index contributed by atoms with van der Waals surface area (Å²) in [5.74, 6) is 0.900. The van der Waals surface area contributed by atoms with Crippen LogP contribution in [-0.4, -0.2) is 34.0 Å². The van der Waals surface area contributed by atoms with Crippen LogP contribution >= 0.6 is 0 Å². The number of hydrogen-bond acceptors (Lipinski definition) is 5. The van der Waals surface area contributed by atoms with Gasteiger partial charge in [0.25, 0.3) is 0 Å². The van der Waals surface area contributed by atoms with Gasteiger partial charge in [-0.05, 0) is 150 Å². The van der Waals surface area contributed by atoms with Gasteiger partial charge >= 0.3 is 11.9 Å². The van der Waals surface area contributed by atoms with Crippen molar-refractivity contribution in [1.82, 2.24) is 10.3 Å². The van der Waals surface area contributed by atoms with Gasteiger partial charge < -0.3 is 15.2 Å². The minimum Gasteiger partial charge on any atom is -0.481 e. The standard InChI is InChI=1S/C43H64N2O5/c1-26(2)28-16-21-43(36(47)45-27(3)30-13-11-12-24-44-30)23-22-41(9)29(35(28)43)14-15-32-40(8)19-18-33(50-34(46)25-38(4,5)37(48)49)39(6,7)31(40)17-20-42(32,41)10/h11-13,24,27-29,31-33,35H,1,14-23,25H2,2-10H3,(H,45,47)(H,48,49)/t27-,28+,29?,31?,32?,33?,35?,40+,41-,42-,43+/m1/s1. The largest absolute Gasteiger partial charge is 0.481 e. The van der Waals surface area contributed by atoms with Gasteiger partial charge in [-0.2, -0.15) is 0 Å². The molecule has 2 N–H and O–H groups in total. The van der Waals surface area contributed by atoms with Gasteiger partial charge in [-0.25, -0.2) is 0 Å². The van der Waals surface area contributed by atoms with E-state index in [-0.39, 0.29) is 51.5 Å². The van der Waals surface area contributed by atoms with Crippen LogP contribution in [0.15, 0.2) is 36.5 Å². The molecule has 7 heteroatoms. The van der Waals surface area contributed by atoms with Crippen LogP contribution in [0.1, 0.15) is 145 Å². The number of amides is 1. The van der Waals surface area contributed by atoms with Crippen LogP contribution in [0.4, 0.5) is 0 Å². The van der Waals surface area contributed by atoms with E-state index in [1.807, 2.05) is 18.2 Å². The number of rotatable bonds is 8. The number of hydrogen-bond donors (Lipinski definition) is 2. The lowest BCUT2D eigenvalue weighted by molar-refractivity contribution is -0.249. The van der Waals surface area contributed by atoms with E-state index in [4.69, 9.17) is 4.74 Å². The van der Waals surface area contributed by atoms with Crippen LogP contribution in [-0.2, 0) is 19.1 Å². The first-order valence-electron chi connectivity index (χ1n) is 19.5. The van der Waals surface area contributed by atoms with Crippen molar-refractivity contribution in [2.75, 3.05) is 0 Å². The first-order chi connectivity index (χ1) is 23.2. The molecule has 5 saturated carbocycles. The maximum Gasteiger partial charge on any atom is 0.309 e. The molecule has 0 radical (unpaired) electrons. The van der Waals surface area contributed by atoms with Gasteiger partial charge in [0.15, 0.2) is 0 Å². The average molecular weight is 689 g/mol. The van der Waals surface area contributed by atoms with Crippen LogP contribution < -0.4 is 5.32 Å². The fraction of sp³-hybridized carbons (Fsp3) is 0.767. The third-order valence-electron chi connectivity index (χ3n) is 16.4. The number of fused-ring (bicyclic) bond motifs is 7. The van der Waals surface area contributed by atoms with Crippen molar-refractivity contribution in [3.63, 3.8) is 0 Å². The number of ether oxygens (including phenoxy) is 1. The molecule has 5 fully saturated rings. The summed E-state index contributed by atoms with van der Waals surface area (Å²) in [7, 11) is 0. The number of carboxylic acids is 1. The Morgan fingerprint density at radius 3 is 2.32 bits per heavy atom. The topological polar surface area (TPSA) is 106 Å². The second kappa shape index (κ2) is 12.5. The molecule has 5 unspecified atom stereocenters. The average Bonchev–Trinajstić information content (AvgIpc) is 3.44. The van der Waals surface area contributed by atoms with E-state index < -0.39 is 17.4 Å². The number of carboxylic acid groups (broad SMARTS) is 1. The SMILES string of the molecule is C=C(C)[C@@H]1CC[C@]2(C(=O)N[C@H](C)c3ccccn3)CC[C@]3(C)C(CCC4[C@@]5(C)CCC(OC(=O)CC(C)(C)C(=O)O)C(C)(C)C5CC[C@]43C)C12. The molecule has 5 aliphatic rings. The van der Waals surface area contributed by atoms with Crippen LogP contribution in [0.5, 0.6) is 0 Å². The van der Waals surface area contributed by atoms with E-state index in [2.05, 4.69) is 65.3 Å². The molecule has 1 amide bonds. The monoisotopic (exact) mass is 688 g/mol. The number of nitrogens with one attached hydrogen (secondary N) is 1. The summed E-state index contributed by atoms with van der Waals surface area (Å²) in [5, 5.41) is 13.1. The van der Waals surface area contributed by atoms with Gasteiger partial charge in [-0.3, -0.25) is 19.4 Å². The Kier molecular flexibility index (Phi) is 9.24. The number of aliphatic carboxylic acids is 1. The predicted octanol–water partition coefficient (Wildman–Crippen LogP) is 9.33. The molecule has 6 rings (SSSR count). The van der Waals surface area contributed by atoms with Crippen LogP contribution in [0.2, 0.25) is 0 Å². The third-order valence-corrected chi connectivity index (χ3v) is 16.4. The highest BCUT2D eigenvalue weighted by Gasteiger charge is 2.72. The van der Waals surface area contributed by atoms with Gasteiger partial charge in [0, 0.05) is 11.6 Å². The first-order valence-corrected chi connectivity index (χ1v) is 19.5. The third kappa shape index (κ3) is 5.49. The van der Waals surface area contributed by atoms with Crippen molar-refractivity contribution < 1.29 is 24.2 Å². The van der Waals surface area contributed by atoms with Crippen LogP contribution in [0, 0.1) is 62.1 Å². The second-order valence-corrected chi connectivity index (χ2v) is 19.5. The summed E-state index contributed by atoms with van der Waals surface area (Å²) in [6.07, 6.45) is 11.8. The number of pyridine rings is 1. The zero-order valence-corrected chi connectivity index (χ0v) is 32.4. The lowest BCUT2D eigenvalue weighted by atomic mass is 9.32. The molecule has 1 heterocycles. The highest BCUT2D eigenvalue weighted by atomic mass is 16.5. The van der Waals surface area contributed by atoms with Crippen molar-refractivity contribution in [3.05, 3.63) is 42.2 Å². The second-order valence-electron chi connectivity index (χ2n) is 19.5. The van der Waals surface area contributed by atoms with Gasteiger partial charge in [-0.15, -0.1) is 0 Å². The summed E-state index contributed by atoms with van der Waals surface area (Å²) >= 11 is 0. The van der Waals surface area contributed by atoms with E-state index in [9.17, 15) is 19.5 Å². The number of allylic oxidation sites excluding steroid dienone is 1. The fourth-order valence-electron chi connectivity index (χ4n) is 13.4. The number of esters is 1. The lowest BCUT2D eigenvalue weighted by Crippen LogP contribution is -2.67. The molecule has 7 nitrogen and oxygen atoms in total. The highest BCUT2D eigenvalue weighted by molar-refractivity contribution is 5.84. The normalized spacial score (nSPS) is 41.0. The zero-order valence-electron chi connectivity index (χ0n) is 32.4. The van der Waals surface area contributed by atoms with E-state index in [1.165, 1.54) is 12.0 Å². The molecule has 50 heavy (non-hydrogen) atoms. The maximum absolute atomic E-state index is 14.6. The van der Waals surface area contributed by atoms with Crippen LogP contribution in [0.3, 0.4) is 0 Å². The minimum absolute atomic E-state index is 0.110. The number of carbonyl (C=O) groups excluding carboxylic acids is 2. The molecule has 0 spiro atoms. The molecular formula is C43H64N2O5. The van der Waals surface area contributed by atoms with Crippen molar-refractivity contribution in [1.29, 1.82) is 0 Å². The Hall–Kier alpha value is -2.70. The molecule has 0 aromatic carbocycles. The molecule has 0 saturated heterocycles. The Morgan fingerprint density at radius 1 is 0.960 bits per heavy atom. The van der Waals surface area contributed by atoms with Gasteiger partial charge in [0.05, 0.1) is 29.0 Å². The molecule has 0 bridgehead atoms. The smallest absolute Gasteiger partial charge is 0.309 e. The molecular weight excluding hydrogens is 624 g/mol. The van der Waals surface area contributed by atoms with E-state index >= 15 is 0 Å². The molecule has 5 aliphatic carbocycles. The van der Waals surface area contributed by atoms with Gasteiger partial charge in [-0.1, -0.05) is 52.8 Å². The van der Waals surface area contributed by atoms with E-state index in [0.717, 1.165) is 63.5 Å². The Labute approximate surface area is 301 Å². The first kappa shape index (κ1) is 37.1. The summed E-state index contributed by atoms with van der Waals surface area (Å²) in [4.78, 5) is 43.9. The lowest BCUT2D eigenvalue weighted by Gasteiger charge is -2.72. The molecule has 1 aromatic heterocycles. The predicted molar refractivity (Wildman–Crippen MR) is 196 cm³/mol. The molecule has 0 aliphatic heterocycles. The van der Waals surface area contributed by atoms with Crippen LogP contribution in [0.25, 0.3) is 0 Å². The fourth-order valence-corrected chi connectivity index (χ4v) is 13.4. The van der Waals surface area contributed by atoms with Crippen molar-refractivity contribution in [3.8, 4) is 0 Å². The van der Waals surface area contributed by atoms with Gasteiger partial charge in [0.1, 0.15) is 6.10 Å². The minimum atomic E-state index is -1.15. The van der Waals surface area contributed by atoms with Crippen molar-refractivity contribution in [2.45, 2.75) is 145 Å². The number of nitrogens with zero attached hydrogens (tertiary/aromatic N) is 1. The van der Waals surface area contributed by atoms with E-state index in [0.29, 0.717) is 29.6 Å². The molecule has 276 valence electrons. The summed E-state index contributed by atoms with van der Waals surface area (Å²) in [6, 6.07) is 5.77. The maximum atomic E-state index is 14.6. The van der Waals surface area contributed by atoms with Crippen molar-refractivity contribution >= 4 is 17.8 Å². The Morgan fingerprint density at radius 2 is 1.68 bits per heavy atom. The van der Waals surface area contributed by atoms with Crippen molar-refractivity contribution in [2.24, 2.45) is 62.1 Å². The molecule has 11 atom stereocenters. The van der Waals surface area contributed by atoms with E-state index in [1.54, 1.807) is 20.0 Å². The summed E-state index contributed by atoms with van der Waals surface area (Å²) < 4.78 is 6.17. The molecule has 1 aromatic rings. The summed E-state index contributed by atoms with van der Waals surface area (Å²) in [6.45, 7) is 24.3. The number of aromatic nitrogens is 1. The quantitative estimate of drug-likeness (QED) is 0.208.